The van der Waals surface area contributed by atoms with Crippen LogP contribution < -0.4 is 0 Å². The molecule has 0 radical (unpaired) electrons. The molecular weight excluding hydrogens is 376 g/mol. The number of benzene rings is 1. The lowest BCUT2D eigenvalue weighted by Crippen LogP contribution is -2.42. The Labute approximate surface area is 157 Å². The number of hydrogen-bond acceptors (Lipinski definition) is 5. The number of rotatable bonds is 4. The molecule has 0 spiro atoms. The Hall–Kier alpha value is -2.19. The molecule has 1 saturated heterocycles. The summed E-state index contributed by atoms with van der Waals surface area (Å²) in [7, 11) is -1.93. The number of halogens is 1. The van der Waals surface area contributed by atoms with Crippen molar-refractivity contribution in [1.29, 1.82) is 0 Å². The van der Waals surface area contributed by atoms with Crippen molar-refractivity contribution < 1.29 is 13.2 Å². The zero-order chi connectivity index (χ0) is 18.7. The first-order valence-corrected chi connectivity index (χ1v) is 10.1. The van der Waals surface area contributed by atoms with Crippen molar-refractivity contribution in [2.45, 2.75) is 23.2 Å². The van der Waals surface area contributed by atoms with Crippen LogP contribution in [0.15, 0.2) is 41.8 Å². The first-order valence-electron chi connectivity index (χ1n) is 8.18. The fraction of sp³-hybridized carbons (Fsp3) is 0.353. The second-order valence-electron chi connectivity index (χ2n) is 6.18. The van der Waals surface area contributed by atoms with Gasteiger partial charge in [0.05, 0.1) is 5.25 Å². The van der Waals surface area contributed by atoms with Gasteiger partial charge in [0.1, 0.15) is 6.33 Å². The van der Waals surface area contributed by atoms with Crippen LogP contribution in [0.3, 0.4) is 0 Å². The molecule has 0 bridgehead atoms. The summed E-state index contributed by atoms with van der Waals surface area (Å²) in [5, 5.41) is 7.42. The summed E-state index contributed by atoms with van der Waals surface area (Å²) < 4.78 is 26.7. The molecule has 1 aliphatic rings. The Bertz CT molecular complexity index is 914. The van der Waals surface area contributed by atoms with E-state index in [0.717, 1.165) is 5.56 Å². The summed E-state index contributed by atoms with van der Waals surface area (Å²) in [6, 6.07) is 7.17. The number of carbonyl (C=O) groups is 1. The van der Waals surface area contributed by atoms with Crippen molar-refractivity contribution in [1.82, 2.24) is 19.7 Å². The van der Waals surface area contributed by atoms with Gasteiger partial charge in [-0.3, -0.25) is 4.79 Å². The van der Waals surface area contributed by atoms with Gasteiger partial charge in [0, 0.05) is 31.2 Å². The molecule has 0 aliphatic carbocycles. The van der Waals surface area contributed by atoms with Crippen LogP contribution in [-0.4, -0.2) is 52.3 Å². The molecule has 1 aromatic carbocycles. The lowest BCUT2D eigenvalue weighted by Gasteiger charge is -2.30. The first-order chi connectivity index (χ1) is 12.4. The summed E-state index contributed by atoms with van der Waals surface area (Å²) in [5.41, 5.74) is 0.877. The summed E-state index contributed by atoms with van der Waals surface area (Å²) in [6.07, 6.45) is 5.36. The highest BCUT2D eigenvalue weighted by molar-refractivity contribution is 7.91. The minimum absolute atomic E-state index is 0.0232. The van der Waals surface area contributed by atoms with E-state index in [1.54, 1.807) is 30.2 Å². The highest BCUT2D eigenvalue weighted by atomic mass is 35.5. The summed E-state index contributed by atoms with van der Waals surface area (Å²) in [5.74, 6) is -0.130. The molecule has 9 heteroatoms. The maximum Gasteiger partial charge on any atom is 0.249 e. The molecule has 2 heterocycles. The zero-order valence-electron chi connectivity index (χ0n) is 14.2. The van der Waals surface area contributed by atoms with Gasteiger partial charge in [0.15, 0.2) is 0 Å². The third-order valence-electron chi connectivity index (χ3n) is 4.41. The lowest BCUT2D eigenvalue weighted by molar-refractivity contribution is -0.126. The Morgan fingerprint density at radius 1 is 1.23 bits per heavy atom. The van der Waals surface area contributed by atoms with E-state index in [9.17, 15) is 13.2 Å². The van der Waals surface area contributed by atoms with E-state index in [4.69, 9.17) is 11.6 Å². The number of aromatic nitrogens is 3. The van der Waals surface area contributed by atoms with E-state index >= 15 is 0 Å². The topological polar surface area (TPSA) is 85.2 Å². The van der Waals surface area contributed by atoms with Gasteiger partial charge in [-0.1, -0.05) is 23.7 Å². The number of likely N-dealkylation sites (tertiary alicyclic amines) is 1. The fourth-order valence-electron chi connectivity index (χ4n) is 2.91. The Morgan fingerprint density at radius 2 is 1.88 bits per heavy atom. The highest BCUT2D eigenvalue weighted by Crippen LogP contribution is 2.23. The molecule has 0 atom stereocenters. The quantitative estimate of drug-likeness (QED) is 0.740. The molecular formula is C17H19ClN4O3S. The molecule has 2 aromatic rings. The summed E-state index contributed by atoms with van der Waals surface area (Å²) in [6.45, 7) is 0.789. The maximum absolute atomic E-state index is 12.6. The van der Waals surface area contributed by atoms with Crippen LogP contribution in [0.1, 0.15) is 18.4 Å². The van der Waals surface area contributed by atoms with Gasteiger partial charge in [-0.15, -0.1) is 10.2 Å². The van der Waals surface area contributed by atoms with E-state index in [2.05, 4.69) is 10.2 Å². The monoisotopic (exact) mass is 394 g/mol. The van der Waals surface area contributed by atoms with Crippen LogP contribution in [-0.2, 0) is 21.7 Å². The van der Waals surface area contributed by atoms with Crippen molar-refractivity contribution in [3.05, 3.63) is 47.3 Å². The van der Waals surface area contributed by atoms with E-state index in [0.29, 0.717) is 31.0 Å². The fourth-order valence-corrected chi connectivity index (χ4v) is 4.78. The summed E-state index contributed by atoms with van der Waals surface area (Å²) in [4.78, 5) is 14.0. The molecule has 0 N–H and O–H groups in total. The Balaban J connectivity index is 1.60. The van der Waals surface area contributed by atoms with Crippen LogP contribution in [0.4, 0.5) is 0 Å². The molecule has 0 unspecified atom stereocenters. The molecule has 0 saturated carbocycles. The van der Waals surface area contributed by atoms with E-state index < -0.39 is 15.1 Å². The number of nitrogens with zero attached hydrogens (tertiary/aromatic N) is 4. The van der Waals surface area contributed by atoms with Crippen LogP contribution in [0.5, 0.6) is 0 Å². The second-order valence-corrected chi connectivity index (χ2v) is 8.74. The molecule has 1 fully saturated rings. The molecule has 1 aliphatic heterocycles. The van der Waals surface area contributed by atoms with Crippen molar-refractivity contribution >= 4 is 33.4 Å². The number of aryl methyl sites for hydroxylation is 1. The van der Waals surface area contributed by atoms with E-state index in [-0.39, 0.29) is 11.1 Å². The smallest absolute Gasteiger partial charge is 0.249 e. The van der Waals surface area contributed by atoms with Gasteiger partial charge >= 0.3 is 0 Å². The molecule has 7 nitrogen and oxygen atoms in total. The average Bonchev–Trinajstić information content (AvgIpc) is 3.08. The van der Waals surface area contributed by atoms with Crippen molar-refractivity contribution in [3.63, 3.8) is 0 Å². The van der Waals surface area contributed by atoms with Gasteiger partial charge in [-0.2, -0.15) is 0 Å². The van der Waals surface area contributed by atoms with E-state index in [1.807, 2.05) is 12.1 Å². The third kappa shape index (κ3) is 3.96. The van der Waals surface area contributed by atoms with Crippen LogP contribution in [0.25, 0.3) is 6.08 Å². The minimum Gasteiger partial charge on any atom is -0.339 e. The zero-order valence-corrected chi connectivity index (χ0v) is 15.8. The first kappa shape index (κ1) is 18.6. The molecule has 3 rings (SSSR count). The van der Waals surface area contributed by atoms with Gasteiger partial charge < -0.3 is 9.47 Å². The van der Waals surface area contributed by atoms with Crippen molar-refractivity contribution in [2.24, 2.45) is 7.05 Å². The molecule has 138 valence electrons. The Kier molecular flexibility index (Phi) is 5.43. The summed E-state index contributed by atoms with van der Waals surface area (Å²) >= 11 is 5.84. The predicted octanol–water partition coefficient (Wildman–Crippen LogP) is 1.95. The van der Waals surface area contributed by atoms with Crippen molar-refractivity contribution in [3.8, 4) is 0 Å². The van der Waals surface area contributed by atoms with Crippen LogP contribution in [0.2, 0.25) is 5.02 Å². The lowest BCUT2D eigenvalue weighted by atomic mass is 10.1. The average molecular weight is 395 g/mol. The van der Waals surface area contributed by atoms with Gasteiger partial charge in [-0.25, -0.2) is 8.42 Å². The molecule has 1 aromatic heterocycles. The van der Waals surface area contributed by atoms with Gasteiger partial charge in [0.25, 0.3) is 0 Å². The SMILES string of the molecule is Cn1cnnc1S(=O)(=O)C1CCN(C(=O)/C=C/c2ccc(Cl)cc2)CC1. The highest BCUT2D eigenvalue weighted by Gasteiger charge is 2.35. The number of piperidine rings is 1. The maximum atomic E-state index is 12.6. The predicted molar refractivity (Wildman–Crippen MR) is 98.3 cm³/mol. The third-order valence-corrected chi connectivity index (χ3v) is 6.88. The number of hydrogen-bond donors (Lipinski definition) is 0. The van der Waals surface area contributed by atoms with Gasteiger partial charge in [-0.05, 0) is 36.6 Å². The standard InChI is InChI=1S/C17H19ClN4O3S/c1-21-12-19-20-17(21)26(24,25)15-8-10-22(11-9-15)16(23)7-4-13-2-5-14(18)6-3-13/h2-7,12,15H,8-11H2,1H3/b7-4+. The molecule has 1 amide bonds. The number of carbonyl (C=O) groups excluding carboxylic acids is 1. The normalized spacial score (nSPS) is 16.3. The van der Waals surface area contributed by atoms with Crippen LogP contribution >= 0.6 is 11.6 Å². The van der Waals surface area contributed by atoms with E-state index in [1.165, 1.54) is 17.0 Å². The number of amides is 1. The number of sulfone groups is 1. The van der Waals surface area contributed by atoms with Gasteiger partial charge in [0.2, 0.25) is 20.9 Å². The largest absolute Gasteiger partial charge is 0.339 e. The van der Waals surface area contributed by atoms with Crippen molar-refractivity contribution in [2.75, 3.05) is 13.1 Å². The molecule has 26 heavy (non-hydrogen) atoms. The Morgan fingerprint density at radius 3 is 2.46 bits per heavy atom. The van der Waals surface area contributed by atoms with Crippen LogP contribution in [0, 0.1) is 0 Å². The second kappa shape index (κ2) is 7.59. The minimum atomic E-state index is -3.54.